The number of rotatable bonds is 7. The minimum Gasteiger partial charge on any atom is -0.481 e. The van der Waals surface area contributed by atoms with Gasteiger partial charge in [0.05, 0.1) is 0 Å². The van der Waals surface area contributed by atoms with Gasteiger partial charge in [0.1, 0.15) is 0 Å². The third-order valence-corrected chi connectivity index (χ3v) is 4.07. The van der Waals surface area contributed by atoms with Gasteiger partial charge in [0.15, 0.2) is 0 Å². The van der Waals surface area contributed by atoms with Gasteiger partial charge in [0.25, 0.3) is 0 Å². The van der Waals surface area contributed by atoms with Crippen LogP contribution in [-0.2, 0) is 16.0 Å². The topological polar surface area (TPSA) is 72.9 Å². The predicted octanol–water partition coefficient (Wildman–Crippen LogP) is 0.570. The first-order valence-corrected chi connectivity index (χ1v) is 7.54. The lowest BCUT2D eigenvalue weighted by Gasteiger charge is -2.35. The Kier molecular flexibility index (Phi) is 5.91. The van der Waals surface area contributed by atoms with Gasteiger partial charge in [0.2, 0.25) is 6.41 Å². The molecule has 0 aliphatic carbocycles. The number of carbonyl (C=O) groups is 2. The highest BCUT2D eigenvalue weighted by Gasteiger charge is 2.21. The summed E-state index contributed by atoms with van der Waals surface area (Å²) in [5.74, 6) is -0.800. The minimum absolute atomic E-state index is 0.120. The van der Waals surface area contributed by atoms with Gasteiger partial charge in [-0.1, -0.05) is 12.1 Å². The fourth-order valence-corrected chi connectivity index (χ4v) is 2.61. The maximum atomic E-state index is 11.4. The number of hydrogen-bond acceptors (Lipinski definition) is 4. The molecule has 1 aliphatic heterocycles. The number of aliphatic carboxylic acids is 1. The van der Waals surface area contributed by atoms with Crippen molar-refractivity contribution < 1.29 is 14.7 Å². The summed E-state index contributed by atoms with van der Waals surface area (Å²) < 4.78 is 0. The molecule has 1 unspecified atom stereocenters. The van der Waals surface area contributed by atoms with Crippen LogP contribution in [0.3, 0.4) is 0 Å². The number of nitrogens with zero attached hydrogens (tertiary/aromatic N) is 2. The van der Waals surface area contributed by atoms with Crippen LogP contribution in [0.25, 0.3) is 0 Å². The number of carbonyl (C=O) groups excluding carboxylic acids is 1. The minimum atomic E-state index is -0.800. The van der Waals surface area contributed by atoms with Crippen molar-refractivity contribution in [3.05, 3.63) is 29.8 Å². The molecule has 2 N–H and O–H groups in total. The second-order valence-corrected chi connectivity index (χ2v) is 5.66. The second kappa shape index (κ2) is 7.91. The zero-order valence-corrected chi connectivity index (χ0v) is 12.9. The summed E-state index contributed by atoms with van der Waals surface area (Å²) in [6.07, 6.45) is 1.48. The van der Waals surface area contributed by atoms with Gasteiger partial charge in [0, 0.05) is 44.3 Å². The molecule has 0 spiro atoms. The Labute approximate surface area is 130 Å². The van der Waals surface area contributed by atoms with Crippen LogP contribution >= 0.6 is 0 Å². The normalized spacial score (nSPS) is 18.9. The van der Waals surface area contributed by atoms with E-state index in [2.05, 4.69) is 17.3 Å². The Hall–Kier alpha value is -1.92. The van der Waals surface area contributed by atoms with Crippen LogP contribution in [0.2, 0.25) is 0 Å². The number of amides is 1. The number of carboxylic acid groups (broad SMARTS) is 1. The first-order chi connectivity index (χ1) is 10.6. The van der Waals surface area contributed by atoms with Gasteiger partial charge in [-0.15, -0.1) is 0 Å². The average molecular weight is 305 g/mol. The molecule has 6 heteroatoms. The fraction of sp³-hybridized carbons (Fsp3) is 0.500. The van der Waals surface area contributed by atoms with Gasteiger partial charge in [-0.05, 0) is 31.2 Å². The van der Waals surface area contributed by atoms with E-state index in [1.807, 2.05) is 24.3 Å². The number of carboxylic acids is 1. The molecular formula is C16H23N3O3. The third-order valence-electron chi connectivity index (χ3n) is 4.07. The molecule has 1 saturated heterocycles. The zero-order chi connectivity index (χ0) is 15.9. The molecule has 0 radical (unpaired) electrons. The van der Waals surface area contributed by atoms with E-state index in [-0.39, 0.29) is 6.42 Å². The number of nitrogens with one attached hydrogen (secondary N) is 1. The zero-order valence-electron chi connectivity index (χ0n) is 12.9. The molecule has 22 heavy (non-hydrogen) atoms. The van der Waals surface area contributed by atoms with Crippen LogP contribution in [0, 0.1) is 0 Å². The quantitative estimate of drug-likeness (QED) is 0.721. The lowest BCUT2D eigenvalue weighted by molar-refractivity contribution is -0.136. The molecule has 0 bridgehead atoms. The monoisotopic (exact) mass is 305 g/mol. The van der Waals surface area contributed by atoms with E-state index in [1.54, 1.807) is 4.90 Å². The van der Waals surface area contributed by atoms with Crippen molar-refractivity contribution in [3.8, 4) is 0 Å². The SMILES string of the molecule is CN1CCNCC1CN(C=O)c1ccc(CCC(=O)O)cc1. The molecule has 120 valence electrons. The summed E-state index contributed by atoms with van der Waals surface area (Å²) in [5.41, 5.74) is 1.81. The van der Waals surface area contributed by atoms with Crippen molar-refractivity contribution in [1.29, 1.82) is 0 Å². The largest absolute Gasteiger partial charge is 0.481 e. The first-order valence-electron chi connectivity index (χ1n) is 7.54. The van der Waals surface area contributed by atoms with Gasteiger partial charge in [-0.2, -0.15) is 0 Å². The van der Waals surface area contributed by atoms with Gasteiger partial charge >= 0.3 is 5.97 Å². The van der Waals surface area contributed by atoms with E-state index in [0.717, 1.165) is 37.3 Å². The Morgan fingerprint density at radius 2 is 2.18 bits per heavy atom. The third kappa shape index (κ3) is 4.54. The molecule has 0 aromatic heterocycles. The Bertz CT molecular complexity index is 504. The fourth-order valence-electron chi connectivity index (χ4n) is 2.61. The Balaban J connectivity index is 1.98. The molecule has 1 heterocycles. The molecule has 1 fully saturated rings. The lowest BCUT2D eigenvalue weighted by Crippen LogP contribution is -2.54. The van der Waals surface area contributed by atoms with E-state index >= 15 is 0 Å². The molecular weight excluding hydrogens is 282 g/mol. The van der Waals surface area contributed by atoms with E-state index < -0.39 is 5.97 Å². The summed E-state index contributed by atoms with van der Waals surface area (Å²) in [6.45, 7) is 3.47. The summed E-state index contributed by atoms with van der Waals surface area (Å²) in [5, 5.41) is 12.0. The maximum Gasteiger partial charge on any atom is 0.303 e. The lowest BCUT2D eigenvalue weighted by atomic mass is 10.1. The molecule has 0 saturated carbocycles. The van der Waals surface area contributed by atoms with E-state index in [9.17, 15) is 9.59 Å². The van der Waals surface area contributed by atoms with Crippen molar-refractivity contribution in [3.63, 3.8) is 0 Å². The molecule has 1 aliphatic rings. The number of anilines is 1. The molecule has 6 nitrogen and oxygen atoms in total. The number of likely N-dealkylation sites (N-methyl/N-ethyl adjacent to an activating group) is 1. The Morgan fingerprint density at radius 1 is 1.45 bits per heavy atom. The molecule has 1 atom stereocenters. The number of hydrogen-bond donors (Lipinski definition) is 2. The average Bonchev–Trinajstić information content (AvgIpc) is 2.53. The van der Waals surface area contributed by atoms with Crippen LogP contribution in [0.15, 0.2) is 24.3 Å². The van der Waals surface area contributed by atoms with Crippen LogP contribution in [0.5, 0.6) is 0 Å². The van der Waals surface area contributed by atoms with Crippen molar-refractivity contribution in [1.82, 2.24) is 10.2 Å². The Morgan fingerprint density at radius 3 is 2.77 bits per heavy atom. The smallest absolute Gasteiger partial charge is 0.303 e. The van der Waals surface area contributed by atoms with E-state index in [0.29, 0.717) is 19.0 Å². The number of aryl methyl sites for hydroxylation is 1. The molecule has 2 rings (SSSR count). The van der Waals surface area contributed by atoms with Gasteiger partial charge < -0.3 is 15.3 Å². The number of benzene rings is 1. The van der Waals surface area contributed by atoms with E-state index in [4.69, 9.17) is 5.11 Å². The molecule has 1 aromatic rings. The van der Waals surface area contributed by atoms with Crippen molar-refractivity contribution >= 4 is 18.1 Å². The summed E-state index contributed by atoms with van der Waals surface area (Å²) >= 11 is 0. The van der Waals surface area contributed by atoms with Crippen molar-refractivity contribution in [2.45, 2.75) is 18.9 Å². The summed E-state index contributed by atoms with van der Waals surface area (Å²) in [6, 6.07) is 7.82. The van der Waals surface area contributed by atoms with Gasteiger partial charge in [-0.25, -0.2) is 0 Å². The standard InChI is InChI=1S/C16H23N3O3/c1-18-9-8-17-10-15(18)11-19(12-20)14-5-2-13(3-6-14)4-7-16(21)22/h2-3,5-6,12,15,17H,4,7-11H2,1H3,(H,21,22). The maximum absolute atomic E-state index is 11.4. The molecule has 1 amide bonds. The van der Waals surface area contributed by atoms with Crippen molar-refractivity contribution in [2.24, 2.45) is 0 Å². The molecule has 1 aromatic carbocycles. The van der Waals surface area contributed by atoms with Gasteiger partial charge in [-0.3, -0.25) is 14.5 Å². The first kappa shape index (κ1) is 16.5. The van der Waals surface area contributed by atoms with E-state index in [1.165, 1.54) is 0 Å². The predicted molar refractivity (Wildman–Crippen MR) is 85.1 cm³/mol. The highest BCUT2D eigenvalue weighted by Crippen LogP contribution is 2.16. The van der Waals surface area contributed by atoms with Crippen LogP contribution in [0.1, 0.15) is 12.0 Å². The second-order valence-electron chi connectivity index (χ2n) is 5.66. The highest BCUT2D eigenvalue weighted by molar-refractivity contribution is 5.75. The number of piperazine rings is 1. The summed E-state index contributed by atoms with van der Waals surface area (Å²) in [7, 11) is 2.07. The summed E-state index contributed by atoms with van der Waals surface area (Å²) in [4.78, 5) is 25.9. The van der Waals surface area contributed by atoms with Crippen LogP contribution in [0.4, 0.5) is 5.69 Å². The highest BCUT2D eigenvalue weighted by atomic mass is 16.4. The van der Waals surface area contributed by atoms with Crippen molar-refractivity contribution in [2.75, 3.05) is 38.1 Å². The van der Waals surface area contributed by atoms with Crippen LogP contribution in [-0.4, -0.2) is 61.7 Å². The van der Waals surface area contributed by atoms with Crippen LogP contribution < -0.4 is 10.2 Å².